The molecule has 0 radical (unpaired) electrons. The third-order valence-corrected chi connectivity index (χ3v) is 2.40. The summed E-state index contributed by atoms with van der Waals surface area (Å²) >= 11 is 0. The van der Waals surface area contributed by atoms with Crippen LogP contribution in [0.1, 0.15) is 19.8 Å². The van der Waals surface area contributed by atoms with Gasteiger partial charge in [-0.15, -0.1) is 0 Å². The minimum Gasteiger partial charge on any atom is -0.385 e. The van der Waals surface area contributed by atoms with Crippen molar-refractivity contribution in [3.63, 3.8) is 0 Å². The van der Waals surface area contributed by atoms with Crippen molar-refractivity contribution in [1.29, 1.82) is 0 Å². The minimum absolute atomic E-state index is 0.796. The number of rotatable bonds is 12. The Morgan fingerprint density at radius 3 is 1.81 bits per heavy atom. The van der Waals surface area contributed by atoms with E-state index in [1.54, 1.807) is 14.2 Å². The minimum atomic E-state index is 0.796. The van der Waals surface area contributed by atoms with E-state index in [1.165, 1.54) is 0 Å². The Bertz CT molecular complexity index is 110. The molecule has 0 heterocycles. The maximum atomic E-state index is 5.37. The van der Waals surface area contributed by atoms with Gasteiger partial charge in [-0.2, -0.15) is 0 Å². The van der Waals surface area contributed by atoms with Gasteiger partial charge in [-0.3, -0.25) is 0 Å². The molecule has 0 saturated carbocycles. The standard InChI is InChI=1S/C12H27NO3/c1-4-16-12-9-13(7-5-10-14-2)8-6-11-15-3/h4-12H2,1-3H3. The molecule has 98 valence electrons. The van der Waals surface area contributed by atoms with Crippen LogP contribution < -0.4 is 0 Å². The molecule has 4 heteroatoms. The van der Waals surface area contributed by atoms with Crippen molar-refractivity contribution in [3.05, 3.63) is 0 Å². The van der Waals surface area contributed by atoms with E-state index in [9.17, 15) is 0 Å². The van der Waals surface area contributed by atoms with Crippen LogP contribution in [0.4, 0.5) is 0 Å². The van der Waals surface area contributed by atoms with Gasteiger partial charge in [-0.1, -0.05) is 0 Å². The smallest absolute Gasteiger partial charge is 0.0593 e. The van der Waals surface area contributed by atoms with Crippen molar-refractivity contribution in [3.8, 4) is 0 Å². The highest BCUT2D eigenvalue weighted by Crippen LogP contribution is 1.96. The Balaban J connectivity index is 3.58. The number of nitrogens with zero attached hydrogens (tertiary/aromatic N) is 1. The first-order chi connectivity index (χ1) is 7.85. The zero-order valence-electron chi connectivity index (χ0n) is 11.0. The summed E-state index contributed by atoms with van der Waals surface area (Å²) in [6.45, 7) is 8.45. The van der Waals surface area contributed by atoms with Crippen LogP contribution in [-0.2, 0) is 14.2 Å². The monoisotopic (exact) mass is 233 g/mol. The summed E-state index contributed by atoms with van der Waals surface area (Å²) < 4.78 is 15.5. The lowest BCUT2D eigenvalue weighted by Crippen LogP contribution is -2.31. The second-order valence-corrected chi connectivity index (χ2v) is 3.73. The van der Waals surface area contributed by atoms with E-state index in [0.717, 1.165) is 58.9 Å². The summed E-state index contributed by atoms with van der Waals surface area (Å²) in [7, 11) is 3.49. The molecule has 0 saturated heterocycles. The average Bonchev–Trinajstić information content (AvgIpc) is 2.29. The SMILES string of the molecule is CCOCCN(CCCOC)CCCOC. The van der Waals surface area contributed by atoms with Gasteiger partial charge in [-0.05, 0) is 19.8 Å². The van der Waals surface area contributed by atoms with Crippen LogP contribution in [0.2, 0.25) is 0 Å². The van der Waals surface area contributed by atoms with Gasteiger partial charge in [0, 0.05) is 53.7 Å². The first kappa shape index (κ1) is 15.8. The first-order valence-electron chi connectivity index (χ1n) is 6.13. The lowest BCUT2D eigenvalue weighted by atomic mass is 10.3. The topological polar surface area (TPSA) is 30.9 Å². The molecule has 0 aliphatic heterocycles. The van der Waals surface area contributed by atoms with Crippen LogP contribution in [0.5, 0.6) is 0 Å². The average molecular weight is 233 g/mol. The van der Waals surface area contributed by atoms with Gasteiger partial charge < -0.3 is 19.1 Å². The van der Waals surface area contributed by atoms with Crippen LogP contribution in [0, 0.1) is 0 Å². The van der Waals surface area contributed by atoms with Gasteiger partial charge in [0.1, 0.15) is 0 Å². The maximum Gasteiger partial charge on any atom is 0.0593 e. The molecular weight excluding hydrogens is 206 g/mol. The Hall–Kier alpha value is -0.160. The summed E-state index contributed by atoms with van der Waals surface area (Å²) in [5, 5.41) is 0. The van der Waals surface area contributed by atoms with Gasteiger partial charge in [-0.25, -0.2) is 0 Å². The first-order valence-corrected chi connectivity index (χ1v) is 6.13. The molecule has 0 aliphatic rings. The van der Waals surface area contributed by atoms with Crippen molar-refractivity contribution in [2.45, 2.75) is 19.8 Å². The van der Waals surface area contributed by atoms with Crippen LogP contribution in [0.3, 0.4) is 0 Å². The summed E-state index contributed by atoms with van der Waals surface area (Å²) in [5.41, 5.74) is 0. The fraction of sp³-hybridized carbons (Fsp3) is 1.00. The zero-order chi connectivity index (χ0) is 12.1. The van der Waals surface area contributed by atoms with E-state index < -0.39 is 0 Å². The highest BCUT2D eigenvalue weighted by atomic mass is 16.5. The molecule has 0 atom stereocenters. The van der Waals surface area contributed by atoms with E-state index in [0.29, 0.717) is 0 Å². The molecule has 0 unspecified atom stereocenters. The Labute approximate surface area is 99.9 Å². The predicted octanol–water partition coefficient (Wildman–Crippen LogP) is 1.40. The Kier molecular flexibility index (Phi) is 12.8. The highest BCUT2D eigenvalue weighted by Gasteiger charge is 2.04. The molecule has 0 aromatic carbocycles. The van der Waals surface area contributed by atoms with Crippen LogP contribution in [-0.4, -0.2) is 65.2 Å². The summed E-state index contributed by atoms with van der Waals surface area (Å²) in [6, 6.07) is 0. The number of hydrogen-bond donors (Lipinski definition) is 0. The summed E-state index contributed by atoms with van der Waals surface area (Å²) in [5.74, 6) is 0. The van der Waals surface area contributed by atoms with Gasteiger partial charge >= 0.3 is 0 Å². The van der Waals surface area contributed by atoms with E-state index in [4.69, 9.17) is 14.2 Å². The number of ether oxygens (including phenoxy) is 3. The quantitative estimate of drug-likeness (QED) is 0.477. The molecule has 0 aliphatic carbocycles. The molecule has 0 fully saturated rings. The zero-order valence-corrected chi connectivity index (χ0v) is 11.0. The molecule has 0 aromatic heterocycles. The summed E-state index contributed by atoms with van der Waals surface area (Å²) in [4.78, 5) is 2.41. The molecule has 0 N–H and O–H groups in total. The highest BCUT2D eigenvalue weighted by molar-refractivity contribution is 4.57. The molecule has 0 spiro atoms. The lowest BCUT2D eigenvalue weighted by Gasteiger charge is -2.21. The van der Waals surface area contributed by atoms with E-state index in [2.05, 4.69) is 4.90 Å². The summed E-state index contributed by atoms with van der Waals surface area (Å²) in [6.07, 6.45) is 2.16. The van der Waals surface area contributed by atoms with Crippen molar-refractivity contribution in [2.24, 2.45) is 0 Å². The molecule has 16 heavy (non-hydrogen) atoms. The van der Waals surface area contributed by atoms with E-state index >= 15 is 0 Å². The molecule has 0 aromatic rings. The fourth-order valence-electron chi connectivity index (χ4n) is 1.54. The van der Waals surface area contributed by atoms with Crippen molar-refractivity contribution >= 4 is 0 Å². The van der Waals surface area contributed by atoms with Gasteiger partial charge in [0.25, 0.3) is 0 Å². The van der Waals surface area contributed by atoms with Crippen LogP contribution in [0.15, 0.2) is 0 Å². The van der Waals surface area contributed by atoms with Gasteiger partial charge in [0.2, 0.25) is 0 Å². The fourth-order valence-corrected chi connectivity index (χ4v) is 1.54. The van der Waals surface area contributed by atoms with Crippen LogP contribution >= 0.6 is 0 Å². The van der Waals surface area contributed by atoms with E-state index in [1.807, 2.05) is 6.92 Å². The third-order valence-electron chi connectivity index (χ3n) is 2.40. The van der Waals surface area contributed by atoms with Gasteiger partial charge in [0.15, 0.2) is 0 Å². The Morgan fingerprint density at radius 2 is 1.38 bits per heavy atom. The largest absolute Gasteiger partial charge is 0.385 e. The Morgan fingerprint density at radius 1 is 0.812 bits per heavy atom. The second-order valence-electron chi connectivity index (χ2n) is 3.73. The molecule has 0 rings (SSSR count). The maximum absolute atomic E-state index is 5.37. The molecule has 0 bridgehead atoms. The van der Waals surface area contributed by atoms with Crippen molar-refractivity contribution in [1.82, 2.24) is 4.90 Å². The molecule has 0 amide bonds. The lowest BCUT2D eigenvalue weighted by molar-refractivity contribution is 0.0998. The molecular formula is C12H27NO3. The van der Waals surface area contributed by atoms with Gasteiger partial charge in [0.05, 0.1) is 6.61 Å². The van der Waals surface area contributed by atoms with Crippen molar-refractivity contribution < 1.29 is 14.2 Å². The van der Waals surface area contributed by atoms with Crippen molar-refractivity contribution in [2.75, 3.05) is 60.3 Å². The predicted molar refractivity (Wildman–Crippen MR) is 65.9 cm³/mol. The normalized spacial score (nSPS) is 11.2. The van der Waals surface area contributed by atoms with Crippen LogP contribution in [0.25, 0.3) is 0 Å². The number of methoxy groups -OCH3 is 2. The third kappa shape index (κ3) is 10.4. The second kappa shape index (κ2) is 12.9. The molecule has 4 nitrogen and oxygen atoms in total. The van der Waals surface area contributed by atoms with E-state index in [-0.39, 0.29) is 0 Å². The number of hydrogen-bond acceptors (Lipinski definition) is 4.